The monoisotopic (exact) mass is 238 g/mol. The summed E-state index contributed by atoms with van der Waals surface area (Å²) in [6, 6.07) is 6.24. The van der Waals surface area contributed by atoms with Crippen molar-refractivity contribution in [3.05, 3.63) is 35.6 Å². The van der Waals surface area contributed by atoms with Gasteiger partial charge in [-0.15, -0.1) is 0 Å². The highest BCUT2D eigenvalue weighted by atomic mass is 19.1. The molecule has 0 spiro atoms. The van der Waals surface area contributed by atoms with Gasteiger partial charge in [0.05, 0.1) is 13.0 Å². The van der Waals surface area contributed by atoms with Crippen molar-refractivity contribution in [3.8, 4) is 0 Å². The minimum absolute atomic E-state index is 0.0599. The van der Waals surface area contributed by atoms with Crippen LogP contribution < -0.4 is 0 Å². The number of esters is 1. The third-order valence-electron chi connectivity index (χ3n) is 2.67. The summed E-state index contributed by atoms with van der Waals surface area (Å²) in [5.41, 5.74) is 0.957. The number of ether oxygens (including phenoxy) is 1. The van der Waals surface area contributed by atoms with E-state index in [4.69, 9.17) is 4.74 Å². The maximum Gasteiger partial charge on any atom is 0.306 e. The molecule has 1 unspecified atom stereocenters. The van der Waals surface area contributed by atoms with Crippen LogP contribution in [0.15, 0.2) is 24.3 Å². The second kappa shape index (κ2) is 7.05. The maximum atomic E-state index is 12.7. The summed E-state index contributed by atoms with van der Waals surface area (Å²) >= 11 is 0. The zero-order valence-corrected chi connectivity index (χ0v) is 10.4. The molecular formula is C14H19FO2. The van der Waals surface area contributed by atoms with Gasteiger partial charge >= 0.3 is 5.97 Å². The number of hydrogen-bond acceptors (Lipinski definition) is 2. The minimum atomic E-state index is -0.258. The van der Waals surface area contributed by atoms with Crippen LogP contribution in [-0.4, -0.2) is 12.6 Å². The third-order valence-corrected chi connectivity index (χ3v) is 2.67. The van der Waals surface area contributed by atoms with Crippen LogP contribution in [0.1, 0.15) is 44.6 Å². The Balaban J connectivity index is 2.40. The number of carbonyl (C=O) groups is 1. The molecule has 0 aliphatic rings. The SMILES string of the molecule is CCCCOC(=O)CC(C)c1ccc(F)cc1. The van der Waals surface area contributed by atoms with Gasteiger partial charge in [-0.2, -0.15) is 0 Å². The average molecular weight is 238 g/mol. The molecule has 3 heteroatoms. The topological polar surface area (TPSA) is 26.3 Å². The van der Waals surface area contributed by atoms with Gasteiger partial charge in [0.1, 0.15) is 5.82 Å². The van der Waals surface area contributed by atoms with E-state index in [1.54, 1.807) is 12.1 Å². The number of hydrogen-bond donors (Lipinski definition) is 0. The van der Waals surface area contributed by atoms with E-state index in [0.29, 0.717) is 13.0 Å². The molecule has 0 heterocycles. The number of carbonyl (C=O) groups excluding carboxylic acids is 1. The molecule has 0 fully saturated rings. The van der Waals surface area contributed by atoms with Crippen LogP contribution in [0.5, 0.6) is 0 Å². The highest BCUT2D eigenvalue weighted by Gasteiger charge is 2.12. The lowest BCUT2D eigenvalue weighted by Gasteiger charge is -2.11. The summed E-state index contributed by atoms with van der Waals surface area (Å²) in [5, 5.41) is 0. The Labute approximate surface area is 102 Å². The van der Waals surface area contributed by atoms with Crippen LogP contribution in [-0.2, 0) is 9.53 Å². The lowest BCUT2D eigenvalue weighted by atomic mass is 9.98. The van der Waals surface area contributed by atoms with Crippen molar-refractivity contribution in [1.82, 2.24) is 0 Å². The second-order valence-electron chi connectivity index (χ2n) is 4.23. The van der Waals surface area contributed by atoms with Crippen molar-refractivity contribution in [2.24, 2.45) is 0 Å². The van der Waals surface area contributed by atoms with Gasteiger partial charge in [0.15, 0.2) is 0 Å². The quantitative estimate of drug-likeness (QED) is 0.558. The van der Waals surface area contributed by atoms with E-state index in [-0.39, 0.29) is 17.7 Å². The van der Waals surface area contributed by atoms with Crippen LogP contribution in [0, 0.1) is 5.82 Å². The van der Waals surface area contributed by atoms with Crippen LogP contribution >= 0.6 is 0 Å². The van der Waals surface area contributed by atoms with E-state index in [1.165, 1.54) is 12.1 Å². The maximum absolute atomic E-state index is 12.7. The first-order valence-corrected chi connectivity index (χ1v) is 6.04. The summed E-state index contributed by atoms with van der Waals surface area (Å²) < 4.78 is 17.8. The zero-order chi connectivity index (χ0) is 12.7. The van der Waals surface area contributed by atoms with E-state index in [0.717, 1.165) is 18.4 Å². The predicted octanol–water partition coefficient (Wildman–Crippen LogP) is 3.66. The molecule has 1 rings (SSSR count). The molecule has 17 heavy (non-hydrogen) atoms. The van der Waals surface area contributed by atoms with Gasteiger partial charge < -0.3 is 4.74 Å². The first-order chi connectivity index (χ1) is 8.13. The molecule has 0 amide bonds. The van der Waals surface area contributed by atoms with Crippen molar-refractivity contribution in [2.75, 3.05) is 6.61 Å². The Morgan fingerprint density at radius 2 is 2.00 bits per heavy atom. The van der Waals surface area contributed by atoms with Crippen molar-refractivity contribution >= 4 is 5.97 Å². The van der Waals surface area contributed by atoms with Crippen molar-refractivity contribution in [3.63, 3.8) is 0 Å². The summed E-state index contributed by atoms with van der Waals surface area (Å²) in [7, 11) is 0. The van der Waals surface area contributed by atoms with Crippen molar-refractivity contribution < 1.29 is 13.9 Å². The van der Waals surface area contributed by atoms with Crippen molar-refractivity contribution in [1.29, 1.82) is 0 Å². The van der Waals surface area contributed by atoms with E-state index in [2.05, 4.69) is 6.92 Å². The molecule has 0 radical (unpaired) electrons. The molecule has 0 aromatic heterocycles. The highest BCUT2D eigenvalue weighted by Crippen LogP contribution is 2.19. The second-order valence-corrected chi connectivity index (χ2v) is 4.23. The molecule has 2 nitrogen and oxygen atoms in total. The summed E-state index contributed by atoms with van der Waals surface area (Å²) in [5.74, 6) is -0.383. The smallest absolute Gasteiger partial charge is 0.306 e. The molecule has 0 bridgehead atoms. The summed E-state index contributed by atoms with van der Waals surface area (Å²) in [6.07, 6.45) is 2.26. The van der Waals surface area contributed by atoms with Crippen LogP contribution in [0.25, 0.3) is 0 Å². The van der Waals surface area contributed by atoms with Gasteiger partial charge in [-0.25, -0.2) is 4.39 Å². The predicted molar refractivity (Wildman–Crippen MR) is 65.3 cm³/mol. The molecular weight excluding hydrogens is 219 g/mol. The number of benzene rings is 1. The summed E-state index contributed by atoms with van der Waals surface area (Å²) in [6.45, 7) is 4.48. The minimum Gasteiger partial charge on any atom is -0.466 e. The Morgan fingerprint density at radius 3 is 2.59 bits per heavy atom. The van der Waals surface area contributed by atoms with Crippen LogP contribution in [0.2, 0.25) is 0 Å². The van der Waals surface area contributed by atoms with E-state index in [1.807, 2.05) is 6.92 Å². The van der Waals surface area contributed by atoms with E-state index in [9.17, 15) is 9.18 Å². The molecule has 94 valence electrons. The highest BCUT2D eigenvalue weighted by molar-refractivity contribution is 5.70. The number of halogens is 1. The Kier molecular flexibility index (Phi) is 5.67. The fourth-order valence-electron chi connectivity index (χ4n) is 1.55. The fourth-order valence-corrected chi connectivity index (χ4v) is 1.55. The standard InChI is InChI=1S/C14H19FO2/c1-3-4-9-17-14(16)10-11(2)12-5-7-13(15)8-6-12/h5-8,11H,3-4,9-10H2,1-2H3. The van der Waals surface area contributed by atoms with Crippen molar-refractivity contribution in [2.45, 2.75) is 39.0 Å². The van der Waals surface area contributed by atoms with Gasteiger partial charge in [0.25, 0.3) is 0 Å². The Morgan fingerprint density at radius 1 is 1.35 bits per heavy atom. The first-order valence-electron chi connectivity index (χ1n) is 6.04. The lowest BCUT2D eigenvalue weighted by molar-refractivity contribution is -0.144. The largest absolute Gasteiger partial charge is 0.466 e. The number of unbranched alkanes of at least 4 members (excludes halogenated alkanes) is 1. The molecule has 1 aromatic rings. The molecule has 0 saturated carbocycles. The summed E-state index contributed by atoms with van der Waals surface area (Å²) in [4.78, 5) is 11.5. The normalized spacial score (nSPS) is 12.2. The van der Waals surface area contributed by atoms with Crippen LogP contribution in [0.4, 0.5) is 4.39 Å². The van der Waals surface area contributed by atoms with E-state index >= 15 is 0 Å². The Hall–Kier alpha value is -1.38. The third kappa shape index (κ3) is 4.98. The molecule has 1 atom stereocenters. The van der Waals surface area contributed by atoms with Gasteiger partial charge in [-0.3, -0.25) is 4.79 Å². The fraction of sp³-hybridized carbons (Fsp3) is 0.500. The van der Waals surface area contributed by atoms with Gasteiger partial charge in [-0.1, -0.05) is 32.4 Å². The van der Waals surface area contributed by atoms with Gasteiger partial charge in [0.2, 0.25) is 0 Å². The average Bonchev–Trinajstić information content (AvgIpc) is 2.30. The van der Waals surface area contributed by atoms with Crippen LogP contribution in [0.3, 0.4) is 0 Å². The molecule has 0 aliphatic heterocycles. The zero-order valence-electron chi connectivity index (χ0n) is 10.4. The first kappa shape index (κ1) is 13.7. The van der Waals surface area contributed by atoms with Gasteiger partial charge in [-0.05, 0) is 30.0 Å². The van der Waals surface area contributed by atoms with Gasteiger partial charge in [0, 0.05) is 0 Å². The Bertz CT molecular complexity index is 346. The number of rotatable bonds is 6. The molecule has 0 N–H and O–H groups in total. The molecule has 0 aliphatic carbocycles. The molecule has 0 saturated heterocycles. The van der Waals surface area contributed by atoms with E-state index < -0.39 is 0 Å². The molecule has 1 aromatic carbocycles. The lowest BCUT2D eigenvalue weighted by Crippen LogP contribution is -2.09.